The molecule has 0 aromatic carbocycles. The van der Waals surface area contributed by atoms with Gasteiger partial charge in [0.15, 0.2) is 0 Å². The molecule has 0 bridgehead atoms. The highest BCUT2D eigenvalue weighted by molar-refractivity contribution is 4.99. The number of nitrogens with two attached hydrogens (primary N) is 1. The fourth-order valence-electron chi connectivity index (χ4n) is 4.37. The summed E-state index contributed by atoms with van der Waals surface area (Å²) in [7, 11) is 0. The van der Waals surface area contributed by atoms with E-state index in [4.69, 9.17) is 5.73 Å². The van der Waals surface area contributed by atoms with Crippen LogP contribution in [0.4, 0.5) is 0 Å². The minimum absolute atomic E-state index is 0.268. The van der Waals surface area contributed by atoms with Crippen LogP contribution in [0.5, 0.6) is 0 Å². The SMILES string of the molecule is CCCCCCC(C)(CN)N1CCC2CCCCC21. The Labute approximate surface area is 120 Å². The lowest BCUT2D eigenvalue weighted by atomic mass is 9.83. The summed E-state index contributed by atoms with van der Waals surface area (Å²) in [4.78, 5) is 2.81. The normalized spacial score (nSPS) is 31.1. The van der Waals surface area contributed by atoms with Gasteiger partial charge < -0.3 is 5.73 Å². The number of hydrogen-bond acceptors (Lipinski definition) is 2. The highest BCUT2D eigenvalue weighted by Gasteiger charge is 2.43. The minimum Gasteiger partial charge on any atom is -0.329 e. The van der Waals surface area contributed by atoms with Crippen molar-refractivity contribution in [2.24, 2.45) is 11.7 Å². The third-order valence-electron chi connectivity index (χ3n) is 5.71. The summed E-state index contributed by atoms with van der Waals surface area (Å²) in [6, 6.07) is 0.855. The van der Waals surface area contributed by atoms with Crippen molar-refractivity contribution < 1.29 is 0 Å². The van der Waals surface area contributed by atoms with E-state index in [0.717, 1.165) is 18.5 Å². The van der Waals surface area contributed by atoms with Gasteiger partial charge in [-0.05, 0) is 45.1 Å². The molecule has 0 amide bonds. The van der Waals surface area contributed by atoms with Gasteiger partial charge in [0.2, 0.25) is 0 Å². The van der Waals surface area contributed by atoms with Crippen LogP contribution >= 0.6 is 0 Å². The standard InChI is InChI=1S/C17H34N2/c1-3-4-5-8-12-17(2,14-18)19-13-11-15-9-6-7-10-16(15)19/h15-16H,3-14,18H2,1-2H3. The molecule has 2 nitrogen and oxygen atoms in total. The van der Waals surface area contributed by atoms with Gasteiger partial charge in [0.05, 0.1) is 0 Å². The fraction of sp³-hybridized carbons (Fsp3) is 1.00. The minimum atomic E-state index is 0.268. The van der Waals surface area contributed by atoms with Gasteiger partial charge >= 0.3 is 0 Å². The largest absolute Gasteiger partial charge is 0.329 e. The van der Waals surface area contributed by atoms with Crippen molar-refractivity contribution in [2.75, 3.05) is 13.1 Å². The average Bonchev–Trinajstić information content (AvgIpc) is 2.88. The third kappa shape index (κ3) is 3.52. The molecule has 1 aliphatic carbocycles. The highest BCUT2D eigenvalue weighted by atomic mass is 15.3. The number of unbranched alkanes of at least 4 members (excludes halogenated alkanes) is 3. The molecule has 0 aromatic rings. The Morgan fingerprint density at radius 2 is 1.89 bits per heavy atom. The maximum Gasteiger partial charge on any atom is 0.0306 e. The molecule has 1 saturated heterocycles. The summed E-state index contributed by atoms with van der Waals surface area (Å²) in [5, 5.41) is 0. The first kappa shape index (κ1) is 15.3. The lowest BCUT2D eigenvalue weighted by molar-refractivity contribution is 0.0588. The Morgan fingerprint density at radius 3 is 2.63 bits per heavy atom. The van der Waals surface area contributed by atoms with Crippen molar-refractivity contribution in [3.63, 3.8) is 0 Å². The van der Waals surface area contributed by atoms with Crippen molar-refractivity contribution in [1.82, 2.24) is 4.90 Å². The van der Waals surface area contributed by atoms with E-state index in [1.54, 1.807) is 0 Å². The van der Waals surface area contributed by atoms with E-state index in [9.17, 15) is 0 Å². The van der Waals surface area contributed by atoms with Gasteiger partial charge in [0.25, 0.3) is 0 Å². The number of fused-ring (bicyclic) bond motifs is 1. The van der Waals surface area contributed by atoms with Crippen LogP contribution in [0.3, 0.4) is 0 Å². The summed E-state index contributed by atoms with van der Waals surface area (Å²) in [5.41, 5.74) is 6.45. The lowest BCUT2D eigenvalue weighted by Crippen LogP contribution is -2.54. The van der Waals surface area contributed by atoms with Crippen LogP contribution in [0, 0.1) is 5.92 Å². The highest BCUT2D eigenvalue weighted by Crippen LogP contribution is 2.40. The van der Waals surface area contributed by atoms with Crippen LogP contribution in [-0.2, 0) is 0 Å². The lowest BCUT2D eigenvalue weighted by Gasteiger charge is -2.44. The molecular formula is C17H34N2. The molecule has 2 rings (SSSR count). The molecule has 112 valence electrons. The molecule has 2 heteroatoms. The van der Waals surface area contributed by atoms with Crippen molar-refractivity contribution in [1.29, 1.82) is 0 Å². The van der Waals surface area contributed by atoms with Gasteiger partial charge in [-0.2, -0.15) is 0 Å². The zero-order valence-corrected chi connectivity index (χ0v) is 13.2. The maximum absolute atomic E-state index is 6.18. The van der Waals surface area contributed by atoms with E-state index in [1.165, 1.54) is 70.8 Å². The summed E-state index contributed by atoms with van der Waals surface area (Å²) in [6.45, 7) is 6.85. The van der Waals surface area contributed by atoms with E-state index in [0.29, 0.717) is 0 Å². The average molecular weight is 266 g/mol. The first-order valence-electron chi connectivity index (χ1n) is 8.68. The van der Waals surface area contributed by atoms with Crippen LogP contribution in [0.1, 0.15) is 78.1 Å². The Balaban J connectivity index is 1.91. The summed E-state index contributed by atoms with van der Waals surface area (Å²) in [5.74, 6) is 0.982. The van der Waals surface area contributed by atoms with Crippen molar-refractivity contribution in [3.8, 4) is 0 Å². The first-order chi connectivity index (χ1) is 9.21. The predicted molar refractivity (Wildman–Crippen MR) is 83.3 cm³/mol. The van der Waals surface area contributed by atoms with Crippen LogP contribution in [0.25, 0.3) is 0 Å². The van der Waals surface area contributed by atoms with Gasteiger partial charge in [-0.1, -0.05) is 45.4 Å². The molecule has 0 aromatic heterocycles. The molecule has 1 saturated carbocycles. The van der Waals surface area contributed by atoms with E-state index in [1.807, 2.05) is 0 Å². The van der Waals surface area contributed by atoms with Crippen molar-refractivity contribution in [3.05, 3.63) is 0 Å². The molecule has 2 aliphatic rings. The van der Waals surface area contributed by atoms with Gasteiger partial charge in [0, 0.05) is 18.1 Å². The molecular weight excluding hydrogens is 232 g/mol. The molecule has 0 radical (unpaired) electrons. The molecule has 1 aliphatic heterocycles. The molecule has 19 heavy (non-hydrogen) atoms. The Hall–Kier alpha value is -0.0800. The summed E-state index contributed by atoms with van der Waals surface area (Å²) < 4.78 is 0. The van der Waals surface area contributed by atoms with E-state index in [2.05, 4.69) is 18.7 Å². The van der Waals surface area contributed by atoms with Crippen LogP contribution in [0.2, 0.25) is 0 Å². The first-order valence-corrected chi connectivity index (χ1v) is 8.68. The molecule has 1 heterocycles. The van der Waals surface area contributed by atoms with Crippen molar-refractivity contribution >= 4 is 0 Å². The van der Waals surface area contributed by atoms with Gasteiger partial charge in [-0.3, -0.25) is 4.90 Å². The second-order valence-corrected chi connectivity index (χ2v) is 7.11. The van der Waals surface area contributed by atoms with E-state index in [-0.39, 0.29) is 5.54 Å². The van der Waals surface area contributed by atoms with Crippen LogP contribution < -0.4 is 5.73 Å². The zero-order valence-electron chi connectivity index (χ0n) is 13.2. The topological polar surface area (TPSA) is 29.3 Å². The quantitative estimate of drug-likeness (QED) is 0.707. The smallest absolute Gasteiger partial charge is 0.0306 e. The fourth-order valence-corrected chi connectivity index (χ4v) is 4.37. The Bertz CT molecular complexity index is 266. The Kier molecular flexibility index (Phi) is 5.70. The molecule has 0 spiro atoms. The third-order valence-corrected chi connectivity index (χ3v) is 5.71. The van der Waals surface area contributed by atoms with Gasteiger partial charge in [-0.25, -0.2) is 0 Å². The maximum atomic E-state index is 6.18. The molecule has 3 unspecified atom stereocenters. The second kappa shape index (κ2) is 7.08. The molecule has 2 N–H and O–H groups in total. The van der Waals surface area contributed by atoms with Crippen LogP contribution in [-0.4, -0.2) is 29.6 Å². The summed E-state index contributed by atoms with van der Waals surface area (Å²) >= 11 is 0. The Morgan fingerprint density at radius 1 is 1.11 bits per heavy atom. The second-order valence-electron chi connectivity index (χ2n) is 7.11. The van der Waals surface area contributed by atoms with Crippen molar-refractivity contribution in [2.45, 2.75) is 89.6 Å². The predicted octanol–water partition coefficient (Wildman–Crippen LogP) is 3.94. The molecule has 3 atom stereocenters. The number of nitrogens with zero attached hydrogens (tertiary/aromatic N) is 1. The summed E-state index contributed by atoms with van der Waals surface area (Å²) in [6.07, 6.45) is 14.0. The van der Waals surface area contributed by atoms with Gasteiger partial charge in [0.1, 0.15) is 0 Å². The zero-order chi connectivity index (χ0) is 13.7. The monoisotopic (exact) mass is 266 g/mol. The van der Waals surface area contributed by atoms with Crippen LogP contribution in [0.15, 0.2) is 0 Å². The van der Waals surface area contributed by atoms with E-state index >= 15 is 0 Å². The number of likely N-dealkylation sites (tertiary alicyclic amines) is 1. The molecule has 2 fully saturated rings. The van der Waals surface area contributed by atoms with E-state index < -0.39 is 0 Å². The number of hydrogen-bond donors (Lipinski definition) is 1. The van der Waals surface area contributed by atoms with Gasteiger partial charge in [-0.15, -0.1) is 0 Å². The number of rotatable bonds is 7.